The molecule has 0 aromatic rings. The molecule has 0 amide bonds. The van der Waals surface area contributed by atoms with Crippen molar-refractivity contribution in [2.75, 3.05) is 0 Å². The molecule has 0 aromatic carbocycles. The Bertz CT molecular complexity index is 195. The SMILES string of the molecule is C[Si](C)(C)O[Si]O[Si](C)(C)O[Si](C)(C)C. The third-order valence-corrected chi connectivity index (χ3v) is 10.7. The quantitative estimate of drug-likeness (QED) is 0.700. The zero-order chi connectivity index (χ0) is 12.3. The molecule has 0 aliphatic carbocycles. The minimum atomic E-state index is -1.97. The van der Waals surface area contributed by atoms with E-state index >= 15 is 0 Å². The van der Waals surface area contributed by atoms with Crippen molar-refractivity contribution in [2.45, 2.75) is 52.4 Å². The van der Waals surface area contributed by atoms with Crippen molar-refractivity contribution in [1.82, 2.24) is 0 Å². The van der Waals surface area contributed by atoms with Crippen LogP contribution in [-0.4, -0.2) is 35.2 Å². The van der Waals surface area contributed by atoms with Crippen LogP contribution in [0.1, 0.15) is 0 Å². The van der Waals surface area contributed by atoms with Crippen LogP contribution in [0, 0.1) is 0 Å². The predicted molar refractivity (Wildman–Crippen MR) is 73.2 cm³/mol. The monoisotopic (exact) mass is 280 g/mol. The van der Waals surface area contributed by atoms with E-state index in [4.69, 9.17) is 12.3 Å². The minimum absolute atomic E-state index is 0.142. The van der Waals surface area contributed by atoms with Crippen molar-refractivity contribution < 1.29 is 12.3 Å². The van der Waals surface area contributed by atoms with E-state index in [0.29, 0.717) is 0 Å². The van der Waals surface area contributed by atoms with Crippen LogP contribution in [0.4, 0.5) is 0 Å². The Hall–Kier alpha value is 0.748. The standard InChI is InChI=1S/C8H24O3Si4/c1-13(2,3)9-12-10-15(7,8)11-14(4,5)6/h1-8H3. The van der Waals surface area contributed by atoms with Crippen LogP contribution < -0.4 is 0 Å². The first-order chi connectivity index (χ1) is 6.41. The third-order valence-electron chi connectivity index (χ3n) is 1.19. The number of hydrogen-bond acceptors (Lipinski definition) is 3. The molecule has 0 fully saturated rings. The molecule has 0 unspecified atom stereocenters. The lowest BCUT2D eigenvalue weighted by Crippen LogP contribution is -2.46. The molecule has 0 aliphatic heterocycles. The van der Waals surface area contributed by atoms with Gasteiger partial charge in [0.1, 0.15) is 0 Å². The summed E-state index contributed by atoms with van der Waals surface area (Å²) in [5.41, 5.74) is 0. The first kappa shape index (κ1) is 15.7. The number of rotatable bonds is 6. The summed E-state index contributed by atoms with van der Waals surface area (Å²) in [7, 11) is -4.77. The minimum Gasteiger partial charge on any atom is -0.437 e. The van der Waals surface area contributed by atoms with Gasteiger partial charge < -0.3 is 12.3 Å². The Morgan fingerprint density at radius 2 is 1.13 bits per heavy atom. The van der Waals surface area contributed by atoms with E-state index in [1.54, 1.807) is 0 Å². The van der Waals surface area contributed by atoms with Gasteiger partial charge >= 0.3 is 18.6 Å². The zero-order valence-electron chi connectivity index (χ0n) is 11.2. The smallest absolute Gasteiger partial charge is 0.411 e. The van der Waals surface area contributed by atoms with Gasteiger partial charge in [-0.3, -0.25) is 0 Å². The van der Waals surface area contributed by atoms with Crippen molar-refractivity contribution in [3.63, 3.8) is 0 Å². The lowest BCUT2D eigenvalue weighted by molar-refractivity contribution is 0.369. The van der Waals surface area contributed by atoms with E-state index in [1.807, 2.05) is 0 Å². The molecule has 0 atom stereocenters. The maximum atomic E-state index is 6.04. The van der Waals surface area contributed by atoms with Gasteiger partial charge in [0.15, 0.2) is 16.6 Å². The molecular weight excluding hydrogens is 256 g/mol. The normalized spacial score (nSPS) is 14.4. The summed E-state index contributed by atoms with van der Waals surface area (Å²) in [5, 5.41) is 0. The average molecular weight is 281 g/mol. The summed E-state index contributed by atoms with van der Waals surface area (Å²) in [4.78, 5) is 0. The van der Waals surface area contributed by atoms with Gasteiger partial charge in [-0.1, -0.05) is 0 Å². The van der Waals surface area contributed by atoms with Crippen molar-refractivity contribution in [1.29, 1.82) is 0 Å². The second-order valence-corrected chi connectivity index (χ2v) is 19.9. The van der Waals surface area contributed by atoms with E-state index in [9.17, 15) is 0 Å². The Morgan fingerprint density at radius 1 is 0.667 bits per heavy atom. The van der Waals surface area contributed by atoms with Crippen LogP contribution in [-0.2, 0) is 12.3 Å². The lowest BCUT2D eigenvalue weighted by atomic mass is 11.8. The van der Waals surface area contributed by atoms with Crippen LogP contribution in [0.15, 0.2) is 0 Å². The Labute approximate surface area is 100 Å². The average Bonchev–Trinajstić information content (AvgIpc) is 1.75. The largest absolute Gasteiger partial charge is 0.437 e. The van der Waals surface area contributed by atoms with Crippen LogP contribution in [0.5, 0.6) is 0 Å². The highest BCUT2D eigenvalue weighted by molar-refractivity contribution is 6.83. The van der Waals surface area contributed by atoms with Crippen molar-refractivity contribution in [2.24, 2.45) is 0 Å². The van der Waals surface area contributed by atoms with E-state index in [0.717, 1.165) is 0 Å². The zero-order valence-corrected chi connectivity index (χ0v) is 15.2. The van der Waals surface area contributed by atoms with E-state index in [1.165, 1.54) is 0 Å². The van der Waals surface area contributed by atoms with Gasteiger partial charge in [-0.05, 0) is 52.4 Å². The van der Waals surface area contributed by atoms with Gasteiger partial charge in [0.05, 0.1) is 0 Å². The summed E-state index contributed by atoms with van der Waals surface area (Å²) in [6.07, 6.45) is 0. The first-order valence-corrected chi connectivity index (χ1v) is 15.7. The Kier molecular flexibility index (Phi) is 5.65. The second-order valence-electron chi connectivity index (χ2n) is 6.01. The molecule has 0 N–H and O–H groups in total. The highest BCUT2D eigenvalue weighted by Gasteiger charge is 2.32. The summed E-state index contributed by atoms with van der Waals surface area (Å²) in [6.45, 7) is 17.2. The molecule has 0 rings (SSSR count). The molecule has 0 aromatic heterocycles. The maximum absolute atomic E-state index is 6.04. The van der Waals surface area contributed by atoms with E-state index < -0.39 is 25.2 Å². The van der Waals surface area contributed by atoms with Crippen LogP contribution in [0.3, 0.4) is 0 Å². The summed E-state index contributed by atoms with van der Waals surface area (Å²) in [6, 6.07) is 0. The number of hydrogen-bond donors (Lipinski definition) is 0. The summed E-state index contributed by atoms with van der Waals surface area (Å²) in [5.74, 6) is 0. The fraction of sp³-hybridized carbons (Fsp3) is 1.00. The maximum Gasteiger partial charge on any atom is 0.411 e. The van der Waals surface area contributed by atoms with Gasteiger partial charge in [-0.2, -0.15) is 0 Å². The third kappa shape index (κ3) is 11.0. The van der Waals surface area contributed by atoms with Gasteiger partial charge in [0, 0.05) is 0 Å². The second kappa shape index (κ2) is 5.39. The first-order valence-electron chi connectivity index (χ1n) is 5.22. The van der Waals surface area contributed by atoms with E-state index in [-0.39, 0.29) is 10.0 Å². The molecule has 0 spiro atoms. The van der Waals surface area contributed by atoms with Gasteiger partial charge in [0.2, 0.25) is 0 Å². The fourth-order valence-corrected chi connectivity index (χ4v) is 9.79. The molecule has 0 saturated heterocycles. The Balaban J connectivity index is 3.95. The van der Waals surface area contributed by atoms with Crippen molar-refractivity contribution >= 4 is 35.2 Å². The van der Waals surface area contributed by atoms with Crippen molar-refractivity contribution in [3.05, 3.63) is 0 Å². The molecule has 90 valence electrons. The Morgan fingerprint density at radius 3 is 1.47 bits per heavy atom. The fourth-order valence-electron chi connectivity index (χ4n) is 1.00. The molecule has 3 nitrogen and oxygen atoms in total. The summed E-state index contributed by atoms with van der Waals surface area (Å²) < 4.78 is 17.5. The van der Waals surface area contributed by atoms with Gasteiger partial charge in [-0.25, -0.2) is 0 Å². The molecule has 7 heteroatoms. The van der Waals surface area contributed by atoms with Crippen LogP contribution >= 0.6 is 0 Å². The van der Waals surface area contributed by atoms with Crippen LogP contribution in [0.25, 0.3) is 0 Å². The topological polar surface area (TPSA) is 27.7 Å². The molecule has 0 aliphatic rings. The van der Waals surface area contributed by atoms with E-state index in [2.05, 4.69) is 52.4 Å². The molecule has 0 bridgehead atoms. The van der Waals surface area contributed by atoms with Gasteiger partial charge in [-0.15, -0.1) is 0 Å². The highest BCUT2D eigenvalue weighted by atomic mass is 28.5. The lowest BCUT2D eigenvalue weighted by Gasteiger charge is -2.31. The summed E-state index contributed by atoms with van der Waals surface area (Å²) >= 11 is 0. The van der Waals surface area contributed by atoms with Crippen LogP contribution in [0.2, 0.25) is 52.4 Å². The molecule has 0 heterocycles. The van der Waals surface area contributed by atoms with Crippen molar-refractivity contribution in [3.8, 4) is 0 Å². The molecular formula is C8H24O3Si4. The molecule has 2 radical (unpaired) electrons. The van der Waals surface area contributed by atoms with Gasteiger partial charge in [0.25, 0.3) is 0 Å². The molecule has 0 saturated carbocycles. The molecule has 15 heavy (non-hydrogen) atoms. The highest BCUT2D eigenvalue weighted by Crippen LogP contribution is 2.15. The predicted octanol–water partition coefficient (Wildman–Crippen LogP) is 2.94.